The molecule has 4 fully saturated rings. The number of carbonyl (C=O) groups excluding carboxylic acids is 1. The molecule has 0 aromatic heterocycles. The second-order valence-electron chi connectivity index (χ2n) is 14.8. The zero-order valence-corrected chi connectivity index (χ0v) is 26.5. The lowest BCUT2D eigenvalue weighted by Gasteiger charge is -2.65. The van der Waals surface area contributed by atoms with Crippen LogP contribution in [0.2, 0.25) is 0 Å². The Bertz CT molecular complexity index is 1240. The van der Waals surface area contributed by atoms with Crippen LogP contribution in [0.15, 0.2) is 35.2 Å². The molecule has 1 aromatic rings. The summed E-state index contributed by atoms with van der Waals surface area (Å²) in [5.74, 6) is -4.40. The van der Waals surface area contributed by atoms with Gasteiger partial charge in [0, 0.05) is 12.3 Å². The fourth-order valence-corrected chi connectivity index (χ4v) is 12.1. The van der Waals surface area contributed by atoms with E-state index in [0.717, 1.165) is 32.1 Å². The average Bonchev–Trinajstić information content (AvgIpc) is 3.29. The number of Topliss-reactive ketones (excluding diaryl/α,β-unsaturated/α-hetero) is 1. The lowest BCUT2D eigenvalue weighted by atomic mass is 9.40. The average molecular weight is 609 g/mol. The normalized spacial score (nSPS) is 41.8. The number of benzene rings is 1. The van der Waals surface area contributed by atoms with Gasteiger partial charge in [0.15, 0.2) is 9.84 Å². The molecule has 2 N–H and O–H groups in total. The van der Waals surface area contributed by atoms with Crippen LogP contribution in [0.5, 0.6) is 0 Å². The van der Waals surface area contributed by atoms with E-state index < -0.39 is 51.0 Å². The van der Waals surface area contributed by atoms with E-state index in [2.05, 4.69) is 13.8 Å². The van der Waals surface area contributed by atoms with Gasteiger partial charge in [-0.2, -0.15) is 0 Å². The fourth-order valence-electron chi connectivity index (χ4n) is 10.8. The van der Waals surface area contributed by atoms with Crippen LogP contribution in [0.25, 0.3) is 0 Å². The van der Waals surface area contributed by atoms with Crippen molar-refractivity contribution in [3.8, 4) is 0 Å². The number of aliphatic hydroxyl groups is 2. The maximum atomic E-state index is 15.6. The van der Waals surface area contributed by atoms with Crippen molar-refractivity contribution >= 4 is 15.6 Å². The molecule has 0 heterocycles. The largest absolute Gasteiger partial charge is 0.393 e. The van der Waals surface area contributed by atoms with Crippen LogP contribution in [0.3, 0.4) is 0 Å². The third kappa shape index (κ3) is 5.19. The number of aliphatic hydroxyl groups excluding tert-OH is 2. The minimum atomic E-state index is -3.63. The molecule has 5 rings (SSSR count). The lowest BCUT2D eigenvalue weighted by molar-refractivity contribution is -0.286. The predicted octanol–water partition coefficient (Wildman–Crippen LogP) is 6.71. The highest BCUT2D eigenvalue weighted by atomic mass is 32.2. The van der Waals surface area contributed by atoms with Gasteiger partial charge < -0.3 is 10.2 Å². The van der Waals surface area contributed by atoms with Gasteiger partial charge in [0.2, 0.25) is 0 Å². The Morgan fingerprint density at radius 2 is 1.64 bits per heavy atom. The molecular formula is C34H50F2O5S. The van der Waals surface area contributed by atoms with E-state index >= 15 is 8.78 Å². The first kappa shape index (κ1) is 32.0. The topological polar surface area (TPSA) is 91.7 Å². The van der Waals surface area contributed by atoms with E-state index in [-0.39, 0.29) is 46.7 Å². The molecule has 0 saturated heterocycles. The molecule has 5 nitrogen and oxygen atoms in total. The lowest BCUT2D eigenvalue weighted by Crippen LogP contribution is -2.67. The molecule has 1 aromatic carbocycles. The molecule has 11 atom stereocenters. The summed E-state index contributed by atoms with van der Waals surface area (Å²) in [5.41, 5.74) is -0.598. The number of hydrogen-bond acceptors (Lipinski definition) is 5. The molecule has 0 spiro atoms. The quantitative estimate of drug-likeness (QED) is 0.325. The summed E-state index contributed by atoms with van der Waals surface area (Å²) in [7, 11) is -3.63. The van der Waals surface area contributed by atoms with Gasteiger partial charge in [0.25, 0.3) is 5.92 Å². The highest BCUT2D eigenvalue weighted by Crippen LogP contribution is 2.71. The molecule has 0 radical (unpaired) electrons. The molecular weight excluding hydrogens is 558 g/mol. The van der Waals surface area contributed by atoms with Crippen molar-refractivity contribution in [2.75, 3.05) is 5.75 Å². The van der Waals surface area contributed by atoms with Crippen LogP contribution in [-0.4, -0.2) is 48.3 Å². The second kappa shape index (κ2) is 11.5. The van der Waals surface area contributed by atoms with Crippen LogP contribution in [0.4, 0.5) is 8.78 Å². The maximum absolute atomic E-state index is 15.6. The fraction of sp³-hybridized carbons (Fsp3) is 0.794. The van der Waals surface area contributed by atoms with Crippen molar-refractivity contribution in [1.29, 1.82) is 0 Å². The van der Waals surface area contributed by atoms with Crippen molar-refractivity contribution in [3.05, 3.63) is 30.3 Å². The molecule has 236 valence electrons. The first-order chi connectivity index (χ1) is 19.7. The number of hydrogen-bond donors (Lipinski definition) is 2. The molecule has 0 amide bonds. The van der Waals surface area contributed by atoms with Gasteiger partial charge >= 0.3 is 0 Å². The first-order valence-electron chi connectivity index (χ1n) is 16.2. The van der Waals surface area contributed by atoms with Crippen molar-refractivity contribution < 1.29 is 32.2 Å². The van der Waals surface area contributed by atoms with Gasteiger partial charge in [-0.15, -0.1) is 0 Å². The Kier molecular flexibility index (Phi) is 8.78. The van der Waals surface area contributed by atoms with E-state index in [0.29, 0.717) is 31.1 Å². The molecule has 4 aliphatic carbocycles. The summed E-state index contributed by atoms with van der Waals surface area (Å²) >= 11 is 0. The van der Waals surface area contributed by atoms with E-state index in [9.17, 15) is 23.4 Å². The zero-order valence-electron chi connectivity index (χ0n) is 25.6. The number of alkyl halides is 2. The van der Waals surface area contributed by atoms with Crippen LogP contribution in [-0.2, 0) is 14.6 Å². The predicted molar refractivity (Wildman–Crippen MR) is 159 cm³/mol. The van der Waals surface area contributed by atoms with Crippen LogP contribution in [0, 0.1) is 52.3 Å². The van der Waals surface area contributed by atoms with Crippen molar-refractivity contribution in [1.82, 2.24) is 0 Å². The van der Waals surface area contributed by atoms with Crippen molar-refractivity contribution in [2.45, 2.75) is 115 Å². The van der Waals surface area contributed by atoms with E-state index in [1.165, 1.54) is 12.1 Å². The third-order valence-electron chi connectivity index (χ3n) is 12.8. The zero-order chi connectivity index (χ0) is 30.7. The Morgan fingerprint density at radius 1 is 1.00 bits per heavy atom. The number of fused-ring (bicyclic) bond motifs is 5. The van der Waals surface area contributed by atoms with E-state index in [1.807, 2.05) is 13.8 Å². The standard InChI is InChI=1S/C34H50F2O5S/c1-5-24-30(39)29-26-15-14-25(21(2)10-9-11-22(37)20-42(40,41)23-12-7-6-8-13-23)32(26,3)18-16-27(29)33(4)19-17-28(38)34(35,36)31(24)33/h6-8,12-13,21,24-31,38-39H,5,9-11,14-20H2,1-4H3/t21-,24+,25?,26?,27?,28-,29?,30?,31+,32-,33-/m1/s1. The first-order valence-corrected chi connectivity index (χ1v) is 17.9. The summed E-state index contributed by atoms with van der Waals surface area (Å²) in [6, 6.07) is 8.10. The van der Waals surface area contributed by atoms with Gasteiger partial charge in [0.05, 0.1) is 11.0 Å². The molecule has 0 aliphatic heterocycles. The second-order valence-corrected chi connectivity index (χ2v) is 16.8. The van der Waals surface area contributed by atoms with Crippen molar-refractivity contribution in [3.63, 3.8) is 0 Å². The third-order valence-corrected chi connectivity index (χ3v) is 14.5. The number of halogens is 2. The highest BCUT2D eigenvalue weighted by molar-refractivity contribution is 7.92. The van der Waals surface area contributed by atoms with Gasteiger partial charge in [-0.1, -0.05) is 58.7 Å². The Balaban J connectivity index is 1.26. The molecule has 0 bridgehead atoms. The van der Waals surface area contributed by atoms with Crippen LogP contribution < -0.4 is 0 Å². The molecule has 4 saturated carbocycles. The number of carbonyl (C=O) groups is 1. The maximum Gasteiger partial charge on any atom is 0.277 e. The Labute approximate surface area is 250 Å². The summed E-state index contributed by atoms with van der Waals surface area (Å²) in [6.07, 6.45) is 4.24. The number of ketones is 1. The van der Waals surface area contributed by atoms with Gasteiger partial charge in [-0.05, 0) is 103 Å². The van der Waals surface area contributed by atoms with Gasteiger partial charge in [-0.3, -0.25) is 4.79 Å². The van der Waals surface area contributed by atoms with Crippen molar-refractivity contribution in [2.24, 2.45) is 52.3 Å². The van der Waals surface area contributed by atoms with Crippen LogP contribution in [0.1, 0.15) is 91.9 Å². The van der Waals surface area contributed by atoms with Crippen LogP contribution >= 0.6 is 0 Å². The highest BCUT2D eigenvalue weighted by Gasteiger charge is 2.70. The minimum Gasteiger partial charge on any atom is -0.393 e. The van der Waals surface area contributed by atoms with Gasteiger partial charge in [-0.25, -0.2) is 17.2 Å². The van der Waals surface area contributed by atoms with E-state index in [4.69, 9.17) is 0 Å². The summed E-state index contributed by atoms with van der Waals surface area (Å²) < 4.78 is 56.4. The monoisotopic (exact) mass is 608 g/mol. The molecule has 42 heavy (non-hydrogen) atoms. The summed E-state index contributed by atoms with van der Waals surface area (Å²) in [4.78, 5) is 12.8. The number of sulfone groups is 1. The SMILES string of the molecule is CC[C@H]1C(O)C2C3CCC([C@H](C)CCCC(=O)CS(=O)(=O)c4ccccc4)[C@@]3(C)CCC2[C@@]2(C)CC[C@@H](O)C(F)(F)[C@@H]12. The Morgan fingerprint density at radius 3 is 2.31 bits per heavy atom. The smallest absolute Gasteiger partial charge is 0.277 e. The Hall–Kier alpha value is -1.38. The molecule has 5 unspecified atom stereocenters. The van der Waals surface area contributed by atoms with E-state index in [1.54, 1.807) is 18.2 Å². The minimum absolute atomic E-state index is 0.000404. The summed E-state index contributed by atoms with van der Waals surface area (Å²) in [5, 5.41) is 22.1. The number of rotatable bonds is 9. The molecule has 8 heteroatoms. The summed E-state index contributed by atoms with van der Waals surface area (Å²) in [6.45, 7) is 8.51. The molecule has 4 aliphatic rings. The van der Waals surface area contributed by atoms with Gasteiger partial charge in [0.1, 0.15) is 17.6 Å².